The Balaban J connectivity index is 1.63. The van der Waals surface area contributed by atoms with Crippen LogP contribution in [0.3, 0.4) is 0 Å². The summed E-state index contributed by atoms with van der Waals surface area (Å²) >= 11 is 5.78. The minimum absolute atomic E-state index is 0.0124. The third-order valence-corrected chi connectivity index (χ3v) is 7.29. The number of aromatic nitrogens is 3. The lowest BCUT2D eigenvalue weighted by Gasteiger charge is -2.17. The monoisotopic (exact) mass is 438 g/mol. The number of imidazole rings is 1. The molecule has 1 fully saturated rings. The molecule has 0 saturated carbocycles. The summed E-state index contributed by atoms with van der Waals surface area (Å²) in [5.41, 5.74) is 1.71. The topological polar surface area (TPSA) is 77.3 Å². The van der Waals surface area contributed by atoms with Crippen molar-refractivity contribution in [2.24, 2.45) is 0 Å². The molecule has 10 heteroatoms. The fraction of sp³-hybridized carbons (Fsp3) is 0.368. The molecular formula is C19H20ClFN4O3S. The fourth-order valence-electron chi connectivity index (χ4n) is 3.66. The van der Waals surface area contributed by atoms with Gasteiger partial charge in [-0.2, -0.15) is 4.31 Å². The zero-order chi connectivity index (χ0) is 20.6. The molecule has 0 aliphatic carbocycles. The lowest BCUT2D eigenvalue weighted by Crippen LogP contribution is -2.29. The van der Waals surface area contributed by atoms with Gasteiger partial charge in [0.25, 0.3) is 0 Å². The highest BCUT2D eigenvalue weighted by Gasteiger charge is 2.35. The zero-order valence-corrected chi connectivity index (χ0v) is 17.3. The number of nitrogens with zero attached hydrogens (tertiary/aromatic N) is 4. The maximum Gasteiger partial charge on any atom is 0.243 e. The Morgan fingerprint density at radius 3 is 2.93 bits per heavy atom. The first-order chi connectivity index (χ1) is 13.9. The van der Waals surface area contributed by atoms with E-state index in [2.05, 4.69) is 4.98 Å². The van der Waals surface area contributed by atoms with E-state index in [4.69, 9.17) is 21.3 Å². The summed E-state index contributed by atoms with van der Waals surface area (Å²) in [7, 11) is -2.14. The summed E-state index contributed by atoms with van der Waals surface area (Å²) in [5, 5.41) is -0.212. The van der Waals surface area contributed by atoms with Crippen LogP contribution in [0.15, 0.2) is 41.6 Å². The number of fused-ring (bicyclic) bond motifs is 1. The van der Waals surface area contributed by atoms with Crippen LogP contribution in [0, 0.1) is 5.82 Å². The lowest BCUT2D eigenvalue weighted by atomic mass is 10.1. The summed E-state index contributed by atoms with van der Waals surface area (Å²) < 4.78 is 48.1. The summed E-state index contributed by atoms with van der Waals surface area (Å²) in [6.07, 6.45) is 4.08. The Hall–Kier alpha value is -2.07. The molecule has 0 amide bonds. The maximum atomic E-state index is 13.4. The summed E-state index contributed by atoms with van der Waals surface area (Å²) in [4.78, 5) is 8.91. The van der Waals surface area contributed by atoms with E-state index < -0.39 is 15.8 Å². The van der Waals surface area contributed by atoms with E-state index in [-0.39, 0.29) is 15.8 Å². The molecule has 0 unspecified atom stereocenters. The normalized spacial score (nSPS) is 18.0. The van der Waals surface area contributed by atoms with Crippen LogP contribution < -0.4 is 0 Å². The molecule has 7 nitrogen and oxygen atoms in total. The number of benzene rings is 1. The highest BCUT2D eigenvalue weighted by atomic mass is 35.5. The first kappa shape index (κ1) is 20.2. The van der Waals surface area contributed by atoms with Crippen LogP contribution in [0.2, 0.25) is 5.02 Å². The molecule has 4 rings (SSSR count). The highest BCUT2D eigenvalue weighted by molar-refractivity contribution is 7.89. The quantitative estimate of drug-likeness (QED) is 0.591. The summed E-state index contributed by atoms with van der Waals surface area (Å²) in [5.74, 6) is 0.107. The molecule has 1 aliphatic heterocycles. The van der Waals surface area contributed by atoms with E-state index in [0.29, 0.717) is 32.7 Å². The molecule has 3 aromatic rings. The van der Waals surface area contributed by atoms with Crippen LogP contribution in [0.5, 0.6) is 0 Å². The van der Waals surface area contributed by atoms with Gasteiger partial charge in [-0.3, -0.25) is 4.98 Å². The van der Waals surface area contributed by atoms with Crippen LogP contribution in [0.4, 0.5) is 4.39 Å². The van der Waals surface area contributed by atoms with E-state index >= 15 is 0 Å². The van der Waals surface area contributed by atoms with Gasteiger partial charge in [0, 0.05) is 38.9 Å². The first-order valence-electron chi connectivity index (χ1n) is 9.16. The van der Waals surface area contributed by atoms with Crippen molar-refractivity contribution in [1.82, 2.24) is 18.8 Å². The Labute approximate surface area is 173 Å². The van der Waals surface area contributed by atoms with E-state index in [1.807, 2.05) is 10.6 Å². The number of methoxy groups -OCH3 is 1. The zero-order valence-electron chi connectivity index (χ0n) is 15.8. The number of hydrogen-bond acceptors (Lipinski definition) is 5. The van der Waals surface area contributed by atoms with Crippen molar-refractivity contribution in [2.75, 3.05) is 26.8 Å². The van der Waals surface area contributed by atoms with E-state index in [1.165, 1.54) is 10.4 Å². The Kier molecular flexibility index (Phi) is 5.56. The first-order valence-corrected chi connectivity index (χ1v) is 11.0. The largest absolute Gasteiger partial charge is 0.383 e. The van der Waals surface area contributed by atoms with Crippen LogP contribution in [-0.4, -0.2) is 54.1 Å². The number of halogens is 2. The molecule has 0 spiro atoms. The minimum Gasteiger partial charge on any atom is -0.383 e. The molecule has 29 heavy (non-hydrogen) atoms. The van der Waals surface area contributed by atoms with E-state index in [9.17, 15) is 12.8 Å². The van der Waals surface area contributed by atoms with Crippen molar-refractivity contribution >= 4 is 32.7 Å². The van der Waals surface area contributed by atoms with Gasteiger partial charge in [-0.1, -0.05) is 11.6 Å². The predicted octanol–water partition coefficient (Wildman–Crippen LogP) is 3.05. The molecular weight excluding hydrogens is 419 g/mol. The van der Waals surface area contributed by atoms with Gasteiger partial charge in [0.1, 0.15) is 11.6 Å². The Bertz CT molecular complexity index is 1150. The summed E-state index contributed by atoms with van der Waals surface area (Å²) in [6, 6.07) is 5.30. The average Bonchev–Trinajstić information content (AvgIpc) is 3.33. The third-order valence-electron chi connectivity index (χ3n) is 5.14. The molecule has 0 bridgehead atoms. The van der Waals surface area contributed by atoms with Gasteiger partial charge in [0.15, 0.2) is 0 Å². The van der Waals surface area contributed by atoms with Crippen molar-refractivity contribution < 1.29 is 17.5 Å². The van der Waals surface area contributed by atoms with E-state index in [1.54, 1.807) is 19.5 Å². The number of ether oxygens (including phenoxy) is 1. The van der Waals surface area contributed by atoms with Gasteiger partial charge in [-0.25, -0.2) is 17.8 Å². The van der Waals surface area contributed by atoms with Crippen molar-refractivity contribution in [3.63, 3.8) is 0 Å². The number of sulfonamides is 1. The fourth-order valence-corrected chi connectivity index (χ4v) is 5.43. The smallest absolute Gasteiger partial charge is 0.243 e. The van der Waals surface area contributed by atoms with Gasteiger partial charge in [0.2, 0.25) is 10.0 Å². The molecule has 1 aromatic carbocycles. The Morgan fingerprint density at radius 1 is 1.34 bits per heavy atom. The second-order valence-corrected chi connectivity index (χ2v) is 9.25. The predicted molar refractivity (Wildman–Crippen MR) is 107 cm³/mol. The highest BCUT2D eigenvalue weighted by Crippen LogP contribution is 2.33. The van der Waals surface area contributed by atoms with Crippen LogP contribution in [-0.2, 0) is 21.3 Å². The SMILES string of the molecule is COCCn1c([C@H]2CCN(S(=O)(=O)c3ccc(F)c(Cl)c3)C2)nc2ccncc21. The molecule has 2 aromatic heterocycles. The molecule has 1 atom stereocenters. The molecule has 1 aliphatic rings. The second kappa shape index (κ2) is 7.98. The van der Waals surface area contributed by atoms with Gasteiger partial charge in [-0.05, 0) is 30.7 Å². The molecule has 3 heterocycles. The van der Waals surface area contributed by atoms with Crippen molar-refractivity contribution in [3.05, 3.63) is 53.3 Å². The van der Waals surface area contributed by atoms with Crippen molar-refractivity contribution in [2.45, 2.75) is 23.8 Å². The van der Waals surface area contributed by atoms with Crippen LogP contribution in [0.1, 0.15) is 18.2 Å². The minimum atomic E-state index is -3.77. The number of hydrogen-bond donors (Lipinski definition) is 0. The summed E-state index contributed by atoms with van der Waals surface area (Å²) in [6.45, 7) is 1.76. The van der Waals surface area contributed by atoms with Crippen molar-refractivity contribution in [1.29, 1.82) is 0 Å². The van der Waals surface area contributed by atoms with Gasteiger partial charge >= 0.3 is 0 Å². The Morgan fingerprint density at radius 2 is 2.17 bits per heavy atom. The average molecular weight is 439 g/mol. The molecule has 0 N–H and O–H groups in total. The molecule has 1 saturated heterocycles. The third kappa shape index (κ3) is 3.75. The van der Waals surface area contributed by atoms with E-state index in [0.717, 1.165) is 29.0 Å². The van der Waals surface area contributed by atoms with Crippen molar-refractivity contribution in [3.8, 4) is 0 Å². The number of rotatable bonds is 6. The molecule has 154 valence electrons. The van der Waals surface area contributed by atoms with Crippen LogP contribution in [0.25, 0.3) is 11.0 Å². The van der Waals surface area contributed by atoms with Gasteiger partial charge < -0.3 is 9.30 Å². The van der Waals surface area contributed by atoms with Crippen LogP contribution >= 0.6 is 11.6 Å². The van der Waals surface area contributed by atoms with Gasteiger partial charge in [0.05, 0.1) is 33.8 Å². The maximum absolute atomic E-state index is 13.4. The lowest BCUT2D eigenvalue weighted by molar-refractivity contribution is 0.187. The standard InChI is InChI=1S/C19H20ClFN4O3S/c1-28-9-8-25-18-11-22-6-4-17(18)23-19(25)13-5-7-24(12-13)29(26,27)14-2-3-16(21)15(20)10-14/h2-4,6,10-11,13H,5,7-9,12H2,1H3/t13-/m0/s1. The van der Waals surface area contributed by atoms with Gasteiger partial charge in [-0.15, -0.1) is 0 Å². The molecule has 0 radical (unpaired) electrons. The number of pyridine rings is 1. The second-order valence-electron chi connectivity index (χ2n) is 6.90.